The Morgan fingerprint density at radius 2 is 1.76 bits per heavy atom. The fourth-order valence-electron chi connectivity index (χ4n) is 2.31. The van der Waals surface area contributed by atoms with Crippen molar-refractivity contribution in [2.45, 2.75) is 13.8 Å². The summed E-state index contributed by atoms with van der Waals surface area (Å²) in [5.41, 5.74) is 5.19. The van der Waals surface area contributed by atoms with E-state index in [9.17, 15) is 4.79 Å². The molecule has 0 saturated heterocycles. The Hall–Kier alpha value is -3.02. The molecule has 0 saturated carbocycles. The number of rotatable bonds is 7. The number of carbonyl (C=O) groups excluding carboxylic acids is 1. The van der Waals surface area contributed by atoms with Crippen LogP contribution in [0.25, 0.3) is 0 Å². The molecule has 0 aromatic heterocycles. The lowest BCUT2D eigenvalue weighted by Gasteiger charge is -2.10. The van der Waals surface area contributed by atoms with Crippen molar-refractivity contribution < 1.29 is 19.0 Å². The first-order valence-corrected chi connectivity index (χ1v) is 7.78. The number of ether oxygens (including phenoxy) is 3. The van der Waals surface area contributed by atoms with E-state index in [1.807, 2.05) is 38.1 Å². The largest absolute Gasteiger partial charge is 0.493 e. The van der Waals surface area contributed by atoms with Gasteiger partial charge in [-0.05, 0) is 48.7 Å². The second-order valence-electron chi connectivity index (χ2n) is 5.42. The highest BCUT2D eigenvalue weighted by Gasteiger charge is 2.07. The minimum atomic E-state index is -0.334. The summed E-state index contributed by atoms with van der Waals surface area (Å²) in [6, 6.07) is 11.2. The fraction of sp³-hybridized carbons (Fsp3) is 0.263. The van der Waals surface area contributed by atoms with E-state index in [-0.39, 0.29) is 12.5 Å². The van der Waals surface area contributed by atoms with Crippen LogP contribution in [0.2, 0.25) is 0 Å². The molecular formula is C19H22N2O4. The lowest BCUT2D eigenvalue weighted by Crippen LogP contribution is -2.25. The highest BCUT2D eigenvalue weighted by atomic mass is 16.5. The van der Waals surface area contributed by atoms with Crippen LogP contribution < -0.4 is 19.6 Å². The molecule has 0 aliphatic carbocycles. The number of nitrogens with one attached hydrogen (secondary N) is 1. The molecule has 0 bridgehead atoms. The summed E-state index contributed by atoms with van der Waals surface area (Å²) in [5, 5.41) is 3.93. The molecule has 0 fully saturated rings. The fourth-order valence-corrected chi connectivity index (χ4v) is 2.31. The lowest BCUT2D eigenvalue weighted by molar-refractivity contribution is -0.123. The van der Waals surface area contributed by atoms with Crippen molar-refractivity contribution in [3.63, 3.8) is 0 Å². The number of aryl methyl sites for hydroxylation is 2. The molecule has 0 unspecified atom stereocenters. The van der Waals surface area contributed by atoms with Crippen LogP contribution in [0.3, 0.4) is 0 Å². The summed E-state index contributed by atoms with van der Waals surface area (Å²) in [7, 11) is 3.13. The van der Waals surface area contributed by atoms with Crippen molar-refractivity contribution in [3.05, 3.63) is 53.1 Å². The number of hydrazone groups is 1. The van der Waals surface area contributed by atoms with E-state index in [0.717, 1.165) is 22.4 Å². The van der Waals surface area contributed by atoms with Gasteiger partial charge >= 0.3 is 0 Å². The van der Waals surface area contributed by atoms with Gasteiger partial charge in [-0.15, -0.1) is 0 Å². The standard InChI is InChI=1S/C19H22N2O4/c1-13-6-5-7-14(2)19(13)25-12-18(22)21-20-11-15-8-9-16(23-3)17(10-15)24-4/h5-11H,12H2,1-4H3,(H,21,22)/b20-11-. The molecule has 0 radical (unpaired) electrons. The summed E-state index contributed by atoms with van der Waals surface area (Å²) in [5.74, 6) is 1.61. The van der Waals surface area contributed by atoms with Gasteiger partial charge in [0.1, 0.15) is 5.75 Å². The van der Waals surface area contributed by atoms with Gasteiger partial charge in [0, 0.05) is 0 Å². The molecule has 6 heteroatoms. The smallest absolute Gasteiger partial charge is 0.277 e. The van der Waals surface area contributed by atoms with Gasteiger partial charge < -0.3 is 14.2 Å². The Balaban J connectivity index is 1.90. The first kappa shape index (κ1) is 18.3. The normalized spacial score (nSPS) is 10.6. The summed E-state index contributed by atoms with van der Waals surface area (Å²) < 4.78 is 16.0. The van der Waals surface area contributed by atoms with E-state index in [1.54, 1.807) is 26.4 Å². The van der Waals surface area contributed by atoms with E-state index in [1.165, 1.54) is 6.21 Å². The quantitative estimate of drug-likeness (QED) is 0.620. The van der Waals surface area contributed by atoms with Crippen LogP contribution in [0.5, 0.6) is 17.2 Å². The number of methoxy groups -OCH3 is 2. The number of nitrogens with zero attached hydrogens (tertiary/aromatic N) is 1. The Morgan fingerprint density at radius 3 is 2.40 bits per heavy atom. The molecule has 0 aliphatic rings. The number of benzene rings is 2. The van der Waals surface area contributed by atoms with E-state index in [4.69, 9.17) is 14.2 Å². The van der Waals surface area contributed by atoms with Crippen molar-refractivity contribution in [2.24, 2.45) is 5.10 Å². The topological polar surface area (TPSA) is 69.2 Å². The molecule has 1 N–H and O–H groups in total. The van der Waals surface area contributed by atoms with Crippen molar-refractivity contribution in [2.75, 3.05) is 20.8 Å². The minimum absolute atomic E-state index is 0.102. The van der Waals surface area contributed by atoms with Gasteiger partial charge in [-0.2, -0.15) is 5.10 Å². The van der Waals surface area contributed by atoms with Crippen LogP contribution in [0.15, 0.2) is 41.5 Å². The van der Waals surface area contributed by atoms with Gasteiger partial charge in [0.2, 0.25) is 0 Å². The zero-order valence-electron chi connectivity index (χ0n) is 14.8. The maximum atomic E-state index is 11.9. The molecule has 0 heterocycles. The molecule has 132 valence electrons. The van der Waals surface area contributed by atoms with Crippen molar-refractivity contribution >= 4 is 12.1 Å². The van der Waals surface area contributed by atoms with Crippen LogP contribution >= 0.6 is 0 Å². The van der Waals surface area contributed by atoms with E-state index < -0.39 is 0 Å². The van der Waals surface area contributed by atoms with Crippen LogP contribution in [0.1, 0.15) is 16.7 Å². The first-order valence-electron chi connectivity index (χ1n) is 7.78. The van der Waals surface area contributed by atoms with Gasteiger partial charge in [-0.3, -0.25) is 4.79 Å². The third kappa shape index (κ3) is 4.97. The first-order chi connectivity index (χ1) is 12.0. The molecule has 2 aromatic rings. The average Bonchev–Trinajstić information content (AvgIpc) is 2.61. The minimum Gasteiger partial charge on any atom is -0.493 e. The predicted molar refractivity (Wildman–Crippen MR) is 96.7 cm³/mol. The van der Waals surface area contributed by atoms with Crippen molar-refractivity contribution in [1.82, 2.24) is 5.43 Å². The van der Waals surface area contributed by atoms with Crippen LogP contribution in [-0.2, 0) is 4.79 Å². The third-order valence-electron chi connectivity index (χ3n) is 3.57. The van der Waals surface area contributed by atoms with Crippen molar-refractivity contribution in [3.8, 4) is 17.2 Å². The summed E-state index contributed by atoms with van der Waals surface area (Å²) in [6.07, 6.45) is 1.53. The van der Waals surface area contributed by atoms with Crippen LogP contribution in [0.4, 0.5) is 0 Å². The predicted octanol–water partition coefficient (Wildman–Crippen LogP) is 2.85. The zero-order chi connectivity index (χ0) is 18.2. The molecule has 0 aliphatic heterocycles. The molecule has 0 atom stereocenters. The maximum Gasteiger partial charge on any atom is 0.277 e. The summed E-state index contributed by atoms with van der Waals surface area (Å²) in [6.45, 7) is 3.78. The molecular weight excluding hydrogens is 320 g/mol. The zero-order valence-corrected chi connectivity index (χ0v) is 14.8. The molecule has 1 amide bonds. The highest BCUT2D eigenvalue weighted by Crippen LogP contribution is 2.26. The lowest BCUT2D eigenvalue weighted by atomic mass is 10.1. The van der Waals surface area contributed by atoms with E-state index >= 15 is 0 Å². The Kier molecular flexibility index (Phi) is 6.39. The Morgan fingerprint density at radius 1 is 1.08 bits per heavy atom. The van der Waals surface area contributed by atoms with Crippen molar-refractivity contribution in [1.29, 1.82) is 0 Å². The number of hydrogen-bond donors (Lipinski definition) is 1. The SMILES string of the molecule is COc1ccc(/C=N\NC(=O)COc2c(C)cccc2C)cc1OC. The number of hydrogen-bond acceptors (Lipinski definition) is 5. The Labute approximate surface area is 147 Å². The monoisotopic (exact) mass is 342 g/mol. The molecule has 2 rings (SSSR count). The molecule has 0 spiro atoms. The molecule has 25 heavy (non-hydrogen) atoms. The second kappa shape index (κ2) is 8.73. The van der Waals surface area contributed by atoms with Crippen LogP contribution in [-0.4, -0.2) is 32.9 Å². The average molecular weight is 342 g/mol. The maximum absolute atomic E-state index is 11.9. The second-order valence-corrected chi connectivity index (χ2v) is 5.42. The van der Waals surface area contributed by atoms with E-state index in [2.05, 4.69) is 10.5 Å². The van der Waals surface area contributed by atoms with Gasteiger partial charge in [-0.1, -0.05) is 18.2 Å². The van der Waals surface area contributed by atoms with E-state index in [0.29, 0.717) is 11.5 Å². The Bertz CT molecular complexity index is 752. The third-order valence-corrected chi connectivity index (χ3v) is 3.57. The van der Waals surface area contributed by atoms with Gasteiger partial charge in [0.15, 0.2) is 18.1 Å². The summed E-state index contributed by atoms with van der Waals surface area (Å²) in [4.78, 5) is 11.9. The highest BCUT2D eigenvalue weighted by molar-refractivity contribution is 5.83. The van der Waals surface area contributed by atoms with Crippen LogP contribution in [0, 0.1) is 13.8 Å². The summed E-state index contributed by atoms with van der Waals surface area (Å²) >= 11 is 0. The molecule has 6 nitrogen and oxygen atoms in total. The number of para-hydroxylation sites is 1. The number of amides is 1. The number of carbonyl (C=O) groups is 1. The van der Waals surface area contributed by atoms with Gasteiger partial charge in [0.25, 0.3) is 5.91 Å². The molecule has 2 aromatic carbocycles. The van der Waals surface area contributed by atoms with Gasteiger partial charge in [-0.25, -0.2) is 5.43 Å². The van der Waals surface area contributed by atoms with Gasteiger partial charge in [0.05, 0.1) is 20.4 Å².